The van der Waals surface area contributed by atoms with Crippen LogP contribution in [0.3, 0.4) is 0 Å². The number of aliphatic hydroxyl groups is 1. The maximum absolute atomic E-state index is 13.1. The van der Waals surface area contributed by atoms with Crippen LogP contribution in [0.5, 0.6) is 0 Å². The Morgan fingerprint density at radius 1 is 1.06 bits per heavy atom. The molecule has 6 fully saturated rings. The lowest BCUT2D eigenvalue weighted by atomic mass is 9.52. The van der Waals surface area contributed by atoms with Crippen molar-refractivity contribution in [3.8, 4) is 0 Å². The number of piperidine rings is 1. The Labute approximate surface area is 190 Å². The van der Waals surface area contributed by atoms with Crippen molar-refractivity contribution in [2.45, 2.75) is 62.6 Å². The Bertz CT molecular complexity index is 833. The summed E-state index contributed by atoms with van der Waals surface area (Å²) in [5, 5.41) is 14.1. The van der Waals surface area contributed by atoms with E-state index < -0.39 is 5.60 Å². The van der Waals surface area contributed by atoms with Crippen molar-refractivity contribution < 1.29 is 14.6 Å². The van der Waals surface area contributed by atoms with Crippen molar-refractivity contribution >= 4 is 11.7 Å². The number of amides is 1. The van der Waals surface area contributed by atoms with Gasteiger partial charge in [0.05, 0.1) is 18.8 Å². The topological polar surface area (TPSA) is 77.9 Å². The number of ether oxygens (including phenoxy) is 1. The van der Waals surface area contributed by atoms with E-state index in [2.05, 4.69) is 15.1 Å². The van der Waals surface area contributed by atoms with Crippen LogP contribution in [-0.2, 0) is 4.74 Å². The molecule has 2 unspecified atom stereocenters. The number of nitrogens with zero attached hydrogens (tertiary/aromatic N) is 3. The molecule has 174 valence electrons. The van der Waals surface area contributed by atoms with Crippen LogP contribution >= 0.6 is 0 Å². The summed E-state index contributed by atoms with van der Waals surface area (Å²) in [7, 11) is 0. The van der Waals surface area contributed by atoms with E-state index in [-0.39, 0.29) is 11.9 Å². The van der Waals surface area contributed by atoms with Crippen molar-refractivity contribution in [2.75, 3.05) is 44.3 Å². The molecule has 1 amide bonds. The second-order valence-corrected chi connectivity index (χ2v) is 10.9. The lowest BCUT2D eigenvalue weighted by Gasteiger charge is -2.58. The van der Waals surface area contributed by atoms with Gasteiger partial charge in [-0.15, -0.1) is 0 Å². The summed E-state index contributed by atoms with van der Waals surface area (Å²) in [6, 6.07) is 6.65. The maximum Gasteiger partial charge on any atom is 0.270 e. The Balaban J connectivity index is 1.08. The first-order valence-electron chi connectivity index (χ1n) is 12.6. The molecule has 4 saturated carbocycles. The summed E-state index contributed by atoms with van der Waals surface area (Å²) in [5.41, 5.74) is 0.0498. The second-order valence-electron chi connectivity index (χ2n) is 10.9. The fourth-order valence-corrected chi connectivity index (χ4v) is 7.57. The van der Waals surface area contributed by atoms with Gasteiger partial charge in [-0.2, -0.15) is 0 Å². The summed E-state index contributed by atoms with van der Waals surface area (Å²) in [6.07, 6.45) is 7.21. The fraction of sp³-hybridized carbons (Fsp3) is 0.760. The summed E-state index contributed by atoms with van der Waals surface area (Å²) in [5.74, 6) is 2.33. The quantitative estimate of drug-likeness (QED) is 0.746. The molecule has 0 spiro atoms. The molecule has 0 aromatic carbocycles. The normalized spacial score (nSPS) is 37.6. The van der Waals surface area contributed by atoms with Gasteiger partial charge < -0.3 is 20.1 Å². The highest BCUT2D eigenvalue weighted by Crippen LogP contribution is 2.55. The van der Waals surface area contributed by atoms with Gasteiger partial charge in [-0.1, -0.05) is 6.07 Å². The van der Waals surface area contributed by atoms with E-state index in [0.717, 1.165) is 90.2 Å². The van der Waals surface area contributed by atoms with Crippen LogP contribution < -0.4 is 10.2 Å². The van der Waals surface area contributed by atoms with Gasteiger partial charge >= 0.3 is 0 Å². The maximum atomic E-state index is 13.1. The van der Waals surface area contributed by atoms with Crippen molar-refractivity contribution in [1.29, 1.82) is 0 Å². The third kappa shape index (κ3) is 3.93. The Hall–Kier alpha value is -1.70. The molecule has 1 aromatic heterocycles. The van der Waals surface area contributed by atoms with Crippen LogP contribution in [0.4, 0.5) is 5.82 Å². The molecule has 7 rings (SSSR count). The molecule has 32 heavy (non-hydrogen) atoms. The molecular formula is C25H36N4O3. The van der Waals surface area contributed by atoms with Crippen LogP contribution in [0, 0.1) is 17.8 Å². The van der Waals surface area contributed by atoms with E-state index in [1.54, 1.807) is 0 Å². The van der Waals surface area contributed by atoms with E-state index >= 15 is 0 Å². The number of nitrogens with one attached hydrogen (secondary N) is 1. The van der Waals surface area contributed by atoms with Crippen LogP contribution in [0.15, 0.2) is 18.2 Å². The molecule has 2 atom stereocenters. The van der Waals surface area contributed by atoms with Gasteiger partial charge in [0.2, 0.25) is 0 Å². The van der Waals surface area contributed by atoms with Crippen molar-refractivity contribution in [3.05, 3.63) is 23.9 Å². The van der Waals surface area contributed by atoms with Gasteiger partial charge in [0.25, 0.3) is 5.91 Å². The van der Waals surface area contributed by atoms with Gasteiger partial charge in [-0.25, -0.2) is 4.98 Å². The zero-order valence-corrected chi connectivity index (χ0v) is 18.9. The van der Waals surface area contributed by atoms with Crippen LogP contribution in [0.1, 0.15) is 55.4 Å². The zero-order valence-electron chi connectivity index (χ0n) is 18.9. The lowest BCUT2D eigenvalue weighted by Crippen LogP contribution is -2.61. The van der Waals surface area contributed by atoms with E-state index in [1.165, 1.54) is 0 Å². The summed E-state index contributed by atoms with van der Waals surface area (Å²) < 4.78 is 5.49. The summed E-state index contributed by atoms with van der Waals surface area (Å²) in [6.45, 7) is 5.74. The monoisotopic (exact) mass is 440 g/mol. The number of carbonyl (C=O) groups is 1. The highest BCUT2D eigenvalue weighted by molar-refractivity contribution is 5.93. The lowest BCUT2D eigenvalue weighted by molar-refractivity contribution is -0.136. The van der Waals surface area contributed by atoms with Crippen LogP contribution in [0.25, 0.3) is 0 Å². The third-order valence-corrected chi connectivity index (χ3v) is 8.86. The molecule has 1 aromatic rings. The number of carbonyl (C=O) groups excluding carboxylic acids is 1. The number of hydrogen-bond acceptors (Lipinski definition) is 6. The Kier molecular flexibility index (Phi) is 5.39. The predicted molar refractivity (Wildman–Crippen MR) is 122 cm³/mol. The van der Waals surface area contributed by atoms with Gasteiger partial charge in [0.15, 0.2) is 0 Å². The van der Waals surface area contributed by atoms with Gasteiger partial charge in [0, 0.05) is 38.3 Å². The third-order valence-electron chi connectivity index (χ3n) is 8.86. The molecule has 7 nitrogen and oxygen atoms in total. The van der Waals surface area contributed by atoms with Crippen molar-refractivity contribution in [3.63, 3.8) is 0 Å². The van der Waals surface area contributed by atoms with Gasteiger partial charge in [-0.05, 0) is 74.8 Å². The Morgan fingerprint density at radius 2 is 1.78 bits per heavy atom. The molecular weight excluding hydrogens is 404 g/mol. The predicted octanol–water partition coefficient (Wildman–Crippen LogP) is 2.05. The Morgan fingerprint density at radius 3 is 2.47 bits per heavy atom. The molecule has 2 saturated heterocycles. The molecule has 2 aliphatic heterocycles. The molecule has 2 N–H and O–H groups in total. The molecule has 3 heterocycles. The standard InChI is InChI=1S/C25H36N4O3/c30-24(27-23-18-12-17-13-19(23)16-25(31,14-17)15-18)21-2-1-3-22(26-21)29-6-4-20(5-7-29)28-8-10-32-11-9-28/h1-3,17-20,23,31H,4-16H2,(H,27,30). The first kappa shape index (κ1) is 20.9. The molecule has 4 aliphatic carbocycles. The summed E-state index contributed by atoms with van der Waals surface area (Å²) >= 11 is 0. The first-order valence-corrected chi connectivity index (χ1v) is 12.6. The number of rotatable bonds is 4. The van der Waals surface area contributed by atoms with Gasteiger partial charge in [0.1, 0.15) is 11.5 Å². The molecule has 4 bridgehead atoms. The fourth-order valence-electron chi connectivity index (χ4n) is 7.57. The number of aromatic nitrogens is 1. The van der Waals surface area contributed by atoms with Crippen LogP contribution in [-0.4, -0.2) is 78.0 Å². The molecule has 7 heteroatoms. The number of hydrogen-bond donors (Lipinski definition) is 2. The average molecular weight is 441 g/mol. The smallest absolute Gasteiger partial charge is 0.270 e. The minimum atomic E-state index is -0.469. The van der Waals surface area contributed by atoms with E-state index in [1.807, 2.05) is 18.2 Å². The minimum Gasteiger partial charge on any atom is -0.390 e. The molecule has 6 aliphatic rings. The van der Waals surface area contributed by atoms with Gasteiger partial charge in [-0.3, -0.25) is 9.69 Å². The number of pyridine rings is 1. The van der Waals surface area contributed by atoms with E-state index in [4.69, 9.17) is 9.72 Å². The summed E-state index contributed by atoms with van der Waals surface area (Å²) in [4.78, 5) is 22.8. The van der Waals surface area contributed by atoms with E-state index in [0.29, 0.717) is 29.5 Å². The van der Waals surface area contributed by atoms with Crippen molar-refractivity contribution in [2.24, 2.45) is 17.8 Å². The highest BCUT2D eigenvalue weighted by Gasteiger charge is 2.55. The highest BCUT2D eigenvalue weighted by atomic mass is 16.5. The van der Waals surface area contributed by atoms with Crippen LogP contribution in [0.2, 0.25) is 0 Å². The number of morpholine rings is 1. The minimum absolute atomic E-state index is 0.0560. The zero-order chi connectivity index (χ0) is 21.7. The average Bonchev–Trinajstić information content (AvgIpc) is 2.81. The second kappa shape index (κ2) is 8.26. The SMILES string of the molecule is O=C(NC1C2CC3CC1CC(O)(C3)C2)c1cccc(N2CCC(N3CCOCC3)CC2)n1. The molecule has 0 radical (unpaired) electrons. The first-order chi connectivity index (χ1) is 15.6. The van der Waals surface area contributed by atoms with Crippen molar-refractivity contribution in [1.82, 2.24) is 15.2 Å². The number of anilines is 1. The van der Waals surface area contributed by atoms with E-state index in [9.17, 15) is 9.90 Å². The largest absolute Gasteiger partial charge is 0.390 e.